The Morgan fingerprint density at radius 3 is 2.07 bits per heavy atom. The molecule has 0 unspecified atom stereocenters. The van der Waals surface area contributed by atoms with E-state index >= 15 is 0 Å². The van der Waals surface area contributed by atoms with Crippen molar-refractivity contribution in [1.29, 1.82) is 0 Å². The van der Waals surface area contributed by atoms with E-state index in [-0.39, 0.29) is 12.8 Å². The van der Waals surface area contributed by atoms with Gasteiger partial charge in [-0.3, -0.25) is 14.4 Å². The van der Waals surface area contributed by atoms with Crippen LogP contribution in [0.2, 0.25) is 15.1 Å². The number of carbonyl (C=O) groups is 3. The maximum absolute atomic E-state index is 11.9. The Bertz CT molecular complexity index is 837. The van der Waals surface area contributed by atoms with Crippen molar-refractivity contribution in [3.8, 4) is 0 Å². The van der Waals surface area contributed by atoms with Gasteiger partial charge in [-0.2, -0.15) is 0 Å². The number of anilines is 2. The average molecular weight is 509 g/mol. The van der Waals surface area contributed by atoms with Crippen LogP contribution in [0.3, 0.4) is 0 Å². The number of carbonyl (C=O) groups excluding carboxylic acids is 3. The van der Waals surface area contributed by atoms with Gasteiger partial charge in [0.2, 0.25) is 5.91 Å². The largest absolute Gasteiger partial charge is 0.456 e. The first-order chi connectivity index (χ1) is 13.2. The lowest BCUT2D eigenvalue weighted by Crippen LogP contribution is -2.21. The molecule has 0 saturated heterocycles. The Hall–Kier alpha value is -1.80. The Balaban J connectivity index is 1.71. The van der Waals surface area contributed by atoms with Gasteiger partial charge >= 0.3 is 5.97 Å². The lowest BCUT2D eigenvalue weighted by Gasteiger charge is -2.08. The molecule has 0 bridgehead atoms. The highest BCUT2D eigenvalue weighted by Crippen LogP contribution is 2.26. The van der Waals surface area contributed by atoms with Gasteiger partial charge in [0.15, 0.2) is 6.61 Å². The molecule has 0 aliphatic carbocycles. The zero-order valence-corrected chi connectivity index (χ0v) is 18.1. The highest BCUT2D eigenvalue weighted by Gasteiger charge is 2.12. The summed E-state index contributed by atoms with van der Waals surface area (Å²) < 4.78 is 5.55. The van der Waals surface area contributed by atoms with Gasteiger partial charge in [0.05, 0.1) is 21.5 Å². The summed E-state index contributed by atoms with van der Waals surface area (Å²) in [5, 5.41) is 6.24. The highest BCUT2D eigenvalue weighted by molar-refractivity contribution is 9.10. The molecule has 10 heteroatoms. The summed E-state index contributed by atoms with van der Waals surface area (Å²) >= 11 is 20.8. The van der Waals surface area contributed by atoms with Crippen LogP contribution in [-0.2, 0) is 19.1 Å². The predicted molar refractivity (Wildman–Crippen MR) is 113 cm³/mol. The molecule has 0 radical (unpaired) electrons. The molecule has 148 valence electrons. The van der Waals surface area contributed by atoms with Crippen molar-refractivity contribution in [2.24, 2.45) is 0 Å². The van der Waals surface area contributed by atoms with Gasteiger partial charge in [0, 0.05) is 22.3 Å². The van der Waals surface area contributed by atoms with E-state index in [1.165, 1.54) is 6.07 Å². The second kappa shape index (κ2) is 10.7. The number of hydrogen-bond donors (Lipinski definition) is 2. The summed E-state index contributed by atoms with van der Waals surface area (Å²) in [6.45, 7) is -0.471. The Labute approximate surface area is 184 Å². The van der Waals surface area contributed by atoms with Gasteiger partial charge in [0.25, 0.3) is 5.91 Å². The van der Waals surface area contributed by atoms with Crippen LogP contribution in [0.1, 0.15) is 12.8 Å². The van der Waals surface area contributed by atoms with E-state index in [1.807, 2.05) is 0 Å². The molecule has 2 aromatic rings. The summed E-state index contributed by atoms with van der Waals surface area (Å²) in [7, 11) is 0. The second-order valence-corrected chi connectivity index (χ2v) is 7.59. The number of ether oxygens (including phenoxy) is 1. The van der Waals surface area contributed by atoms with Crippen molar-refractivity contribution in [2.75, 3.05) is 17.2 Å². The van der Waals surface area contributed by atoms with Crippen LogP contribution in [-0.4, -0.2) is 24.4 Å². The molecule has 0 aliphatic rings. The number of rotatable bonds is 7. The smallest absolute Gasteiger partial charge is 0.306 e. The van der Waals surface area contributed by atoms with Gasteiger partial charge in [0.1, 0.15) is 0 Å². The summed E-state index contributed by atoms with van der Waals surface area (Å²) in [5.41, 5.74) is 0.926. The number of benzene rings is 2. The van der Waals surface area contributed by atoms with Crippen molar-refractivity contribution in [3.05, 3.63) is 55.9 Å². The third-order valence-electron chi connectivity index (χ3n) is 3.33. The predicted octanol–water partition coefficient (Wildman–Crippen LogP) is 5.31. The number of esters is 1. The average Bonchev–Trinajstić information content (AvgIpc) is 2.64. The van der Waals surface area contributed by atoms with E-state index in [9.17, 15) is 14.4 Å². The van der Waals surface area contributed by atoms with E-state index in [4.69, 9.17) is 39.5 Å². The van der Waals surface area contributed by atoms with E-state index in [2.05, 4.69) is 26.6 Å². The molecule has 0 fully saturated rings. The van der Waals surface area contributed by atoms with Crippen LogP contribution < -0.4 is 10.6 Å². The van der Waals surface area contributed by atoms with Crippen molar-refractivity contribution < 1.29 is 19.1 Å². The van der Waals surface area contributed by atoms with Crippen molar-refractivity contribution in [1.82, 2.24) is 0 Å². The highest BCUT2D eigenvalue weighted by atomic mass is 79.9. The fraction of sp³-hybridized carbons (Fsp3) is 0.167. The van der Waals surface area contributed by atoms with Crippen molar-refractivity contribution in [3.63, 3.8) is 0 Å². The first-order valence-electron chi connectivity index (χ1n) is 7.90. The molecule has 2 amide bonds. The van der Waals surface area contributed by atoms with Crippen LogP contribution in [0.4, 0.5) is 11.4 Å². The van der Waals surface area contributed by atoms with Crippen molar-refractivity contribution >= 4 is 79.9 Å². The van der Waals surface area contributed by atoms with Crippen LogP contribution in [0.5, 0.6) is 0 Å². The molecule has 0 atom stereocenters. The number of nitrogens with one attached hydrogen (secondary N) is 2. The molecule has 0 aromatic heterocycles. The summed E-state index contributed by atoms with van der Waals surface area (Å²) in [5.74, 6) is -1.59. The Morgan fingerprint density at radius 2 is 1.43 bits per heavy atom. The van der Waals surface area contributed by atoms with Gasteiger partial charge < -0.3 is 15.4 Å². The summed E-state index contributed by atoms with van der Waals surface area (Å²) in [6.07, 6.45) is -0.284. The molecule has 28 heavy (non-hydrogen) atoms. The number of halogens is 4. The van der Waals surface area contributed by atoms with E-state index in [1.54, 1.807) is 30.3 Å². The molecule has 2 N–H and O–H groups in total. The molecule has 6 nitrogen and oxygen atoms in total. The zero-order chi connectivity index (χ0) is 20.7. The molecule has 0 saturated carbocycles. The lowest BCUT2D eigenvalue weighted by atomic mass is 10.2. The monoisotopic (exact) mass is 506 g/mol. The van der Waals surface area contributed by atoms with Gasteiger partial charge in [-0.05, 0) is 52.3 Å². The summed E-state index contributed by atoms with van der Waals surface area (Å²) in [6, 6.07) is 9.51. The van der Waals surface area contributed by atoms with E-state index in [0.717, 1.165) is 0 Å². The van der Waals surface area contributed by atoms with Crippen LogP contribution in [0.15, 0.2) is 40.9 Å². The Kier molecular flexibility index (Phi) is 8.57. The molecule has 2 rings (SSSR count). The molecule has 2 aromatic carbocycles. The number of amides is 2. The molecular weight excluding hydrogens is 494 g/mol. The maximum atomic E-state index is 11.9. The van der Waals surface area contributed by atoms with Gasteiger partial charge in [-0.25, -0.2) is 0 Å². The van der Waals surface area contributed by atoms with Crippen molar-refractivity contribution in [2.45, 2.75) is 12.8 Å². The second-order valence-electron chi connectivity index (χ2n) is 5.51. The quantitative estimate of drug-likeness (QED) is 0.497. The first-order valence-corrected chi connectivity index (χ1v) is 9.82. The third-order valence-corrected chi connectivity index (χ3v) is 5.30. The molecular formula is C18H14BrCl3N2O4. The van der Waals surface area contributed by atoms with Gasteiger partial charge in [-0.1, -0.05) is 34.8 Å². The SMILES string of the molecule is O=C(CCC(=O)OCC(=O)Nc1ccc(Br)c(Cl)c1)Nc1ccc(Cl)c(Cl)c1. The maximum Gasteiger partial charge on any atom is 0.306 e. The zero-order valence-electron chi connectivity index (χ0n) is 14.2. The lowest BCUT2D eigenvalue weighted by molar-refractivity contribution is -0.147. The standard InChI is InChI=1S/C18H14BrCl3N2O4/c19-12-3-1-10(7-14(12)21)24-17(26)9-28-18(27)6-5-16(25)23-11-2-4-13(20)15(22)8-11/h1-4,7-8H,5-6,9H2,(H,23,25)(H,24,26). The van der Waals surface area contributed by atoms with Crippen LogP contribution >= 0.6 is 50.7 Å². The number of hydrogen-bond acceptors (Lipinski definition) is 4. The van der Waals surface area contributed by atoms with Crippen LogP contribution in [0.25, 0.3) is 0 Å². The minimum atomic E-state index is -0.673. The van der Waals surface area contributed by atoms with E-state index in [0.29, 0.717) is 30.9 Å². The van der Waals surface area contributed by atoms with Gasteiger partial charge in [-0.15, -0.1) is 0 Å². The third kappa shape index (κ3) is 7.31. The van der Waals surface area contributed by atoms with E-state index < -0.39 is 24.4 Å². The first kappa shape index (κ1) is 22.5. The molecule has 0 aliphatic heterocycles. The topological polar surface area (TPSA) is 84.5 Å². The minimum Gasteiger partial charge on any atom is -0.456 e. The fourth-order valence-corrected chi connectivity index (χ4v) is 2.73. The Morgan fingerprint density at radius 1 is 0.821 bits per heavy atom. The molecule has 0 heterocycles. The molecule has 0 spiro atoms. The minimum absolute atomic E-state index is 0.108. The summed E-state index contributed by atoms with van der Waals surface area (Å²) in [4.78, 5) is 35.4. The van der Waals surface area contributed by atoms with Crippen LogP contribution in [0, 0.1) is 0 Å². The normalized spacial score (nSPS) is 10.3. The fourth-order valence-electron chi connectivity index (χ4n) is 2.00.